The Kier molecular flexibility index (Phi) is 4.13. The smallest absolute Gasteiger partial charge is 0.270 e. The largest absolute Gasteiger partial charge is 0.387 e. The SMILES string of the molecule is CNc1ccc([N+](=O)[O-])cc1C(=O)Nc1ccncc1C. The van der Waals surface area contributed by atoms with Gasteiger partial charge in [-0.25, -0.2) is 0 Å². The molecule has 2 rings (SSSR count). The lowest BCUT2D eigenvalue weighted by molar-refractivity contribution is -0.384. The van der Waals surface area contributed by atoms with Crippen molar-refractivity contribution in [3.63, 3.8) is 0 Å². The van der Waals surface area contributed by atoms with E-state index in [1.165, 1.54) is 18.2 Å². The lowest BCUT2D eigenvalue weighted by Gasteiger charge is -2.11. The monoisotopic (exact) mass is 286 g/mol. The summed E-state index contributed by atoms with van der Waals surface area (Å²) in [6, 6.07) is 5.77. The van der Waals surface area contributed by atoms with E-state index < -0.39 is 10.8 Å². The molecule has 0 aliphatic rings. The number of carbonyl (C=O) groups excluding carboxylic acids is 1. The molecule has 0 aliphatic heterocycles. The van der Waals surface area contributed by atoms with Crippen molar-refractivity contribution in [2.45, 2.75) is 6.92 Å². The number of aromatic nitrogens is 1. The third-order valence-electron chi connectivity index (χ3n) is 3.00. The molecule has 0 radical (unpaired) electrons. The van der Waals surface area contributed by atoms with Crippen molar-refractivity contribution in [3.05, 3.63) is 57.9 Å². The predicted molar refractivity (Wildman–Crippen MR) is 79.6 cm³/mol. The fraction of sp³-hybridized carbons (Fsp3) is 0.143. The highest BCUT2D eigenvalue weighted by Crippen LogP contribution is 2.23. The molecule has 1 heterocycles. The van der Waals surface area contributed by atoms with Gasteiger partial charge >= 0.3 is 0 Å². The van der Waals surface area contributed by atoms with Crippen LogP contribution in [0.1, 0.15) is 15.9 Å². The van der Waals surface area contributed by atoms with Crippen LogP contribution in [0.25, 0.3) is 0 Å². The van der Waals surface area contributed by atoms with Crippen molar-refractivity contribution in [2.75, 3.05) is 17.7 Å². The van der Waals surface area contributed by atoms with E-state index >= 15 is 0 Å². The number of nitro groups is 1. The first-order valence-corrected chi connectivity index (χ1v) is 6.21. The second-order valence-electron chi connectivity index (χ2n) is 4.38. The summed E-state index contributed by atoms with van der Waals surface area (Å²) in [6.45, 7) is 1.81. The van der Waals surface area contributed by atoms with Gasteiger partial charge in [0.2, 0.25) is 0 Å². The summed E-state index contributed by atoms with van der Waals surface area (Å²) in [6.07, 6.45) is 3.19. The minimum absolute atomic E-state index is 0.134. The Morgan fingerprint density at radius 1 is 1.29 bits per heavy atom. The fourth-order valence-corrected chi connectivity index (χ4v) is 1.85. The highest BCUT2D eigenvalue weighted by atomic mass is 16.6. The molecule has 2 aromatic rings. The second-order valence-corrected chi connectivity index (χ2v) is 4.38. The molecular weight excluding hydrogens is 272 g/mol. The molecule has 7 heteroatoms. The average Bonchev–Trinajstić information content (AvgIpc) is 2.48. The van der Waals surface area contributed by atoms with E-state index in [9.17, 15) is 14.9 Å². The van der Waals surface area contributed by atoms with Gasteiger partial charge in [-0.15, -0.1) is 0 Å². The van der Waals surface area contributed by atoms with Gasteiger partial charge < -0.3 is 10.6 Å². The average molecular weight is 286 g/mol. The Labute approximate surface area is 121 Å². The third kappa shape index (κ3) is 3.14. The molecule has 0 unspecified atom stereocenters. The molecule has 2 N–H and O–H groups in total. The maximum Gasteiger partial charge on any atom is 0.270 e. The maximum absolute atomic E-state index is 12.3. The van der Waals surface area contributed by atoms with Crippen LogP contribution in [0.2, 0.25) is 0 Å². The number of anilines is 2. The normalized spacial score (nSPS) is 10.0. The van der Waals surface area contributed by atoms with Gasteiger partial charge in [-0.05, 0) is 24.6 Å². The highest BCUT2D eigenvalue weighted by molar-refractivity contribution is 6.08. The number of carbonyl (C=O) groups is 1. The number of amides is 1. The molecule has 7 nitrogen and oxygen atoms in total. The maximum atomic E-state index is 12.3. The van der Waals surface area contributed by atoms with Gasteiger partial charge in [-0.3, -0.25) is 19.9 Å². The number of benzene rings is 1. The Balaban J connectivity index is 2.36. The summed E-state index contributed by atoms with van der Waals surface area (Å²) in [5.41, 5.74) is 2.02. The van der Waals surface area contributed by atoms with Crippen molar-refractivity contribution in [1.82, 2.24) is 4.98 Å². The lowest BCUT2D eigenvalue weighted by Crippen LogP contribution is -2.15. The Bertz CT molecular complexity index is 700. The first-order valence-electron chi connectivity index (χ1n) is 6.21. The predicted octanol–water partition coefficient (Wildman–Crippen LogP) is 2.59. The quantitative estimate of drug-likeness (QED) is 0.665. The number of nitro benzene ring substituents is 1. The molecule has 1 aromatic heterocycles. The zero-order chi connectivity index (χ0) is 15.4. The van der Waals surface area contributed by atoms with Crippen LogP contribution in [-0.2, 0) is 0 Å². The van der Waals surface area contributed by atoms with Crippen molar-refractivity contribution in [2.24, 2.45) is 0 Å². The van der Waals surface area contributed by atoms with Crippen LogP contribution in [0.4, 0.5) is 17.1 Å². The van der Waals surface area contributed by atoms with Gasteiger partial charge in [-0.1, -0.05) is 0 Å². The summed E-state index contributed by atoms with van der Waals surface area (Å²) in [5.74, 6) is -0.419. The van der Waals surface area contributed by atoms with Gasteiger partial charge in [0.05, 0.1) is 10.5 Å². The van der Waals surface area contributed by atoms with E-state index in [1.807, 2.05) is 6.92 Å². The van der Waals surface area contributed by atoms with Crippen molar-refractivity contribution >= 4 is 23.0 Å². The van der Waals surface area contributed by atoms with Crippen LogP contribution in [0.15, 0.2) is 36.7 Å². The molecule has 21 heavy (non-hydrogen) atoms. The van der Waals surface area contributed by atoms with Crippen LogP contribution in [0.5, 0.6) is 0 Å². The summed E-state index contributed by atoms with van der Waals surface area (Å²) in [4.78, 5) is 26.6. The van der Waals surface area contributed by atoms with Gasteiger partial charge in [-0.2, -0.15) is 0 Å². The molecule has 0 aliphatic carbocycles. The molecule has 0 bridgehead atoms. The minimum atomic E-state index is -0.534. The number of nitrogens with one attached hydrogen (secondary N) is 2. The van der Waals surface area contributed by atoms with Gasteiger partial charge in [0.25, 0.3) is 11.6 Å². The van der Waals surface area contributed by atoms with Gasteiger partial charge in [0, 0.05) is 42.9 Å². The number of hydrogen-bond acceptors (Lipinski definition) is 5. The molecular formula is C14H14N4O3. The van der Waals surface area contributed by atoms with Crippen LogP contribution >= 0.6 is 0 Å². The number of aryl methyl sites for hydroxylation is 1. The Hall–Kier alpha value is -2.96. The van der Waals surface area contributed by atoms with Crippen molar-refractivity contribution < 1.29 is 9.72 Å². The Morgan fingerprint density at radius 3 is 2.67 bits per heavy atom. The first kappa shape index (κ1) is 14.4. The van der Waals surface area contributed by atoms with Crippen LogP contribution in [0, 0.1) is 17.0 Å². The van der Waals surface area contributed by atoms with Crippen molar-refractivity contribution in [3.8, 4) is 0 Å². The van der Waals surface area contributed by atoms with Crippen LogP contribution in [-0.4, -0.2) is 22.9 Å². The molecule has 0 saturated heterocycles. The summed E-state index contributed by atoms with van der Waals surface area (Å²) in [7, 11) is 1.65. The summed E-state index contributed by atoms with van der Waals surface area (Å²) < 4.78 is 0. The van der Waals surface area contributed by atoms with Gasteiger partial charge in [0.15, 0.2) is 0 Å². The van der Waals surface area contributed by atoms with Gasteiger partial charge in [0.1, 0.15) is 0 Å². The molecule has 0 atom stereocenters. The number of pyridine rings is 1. The van der Waals surface area contributed by atoms with E-state index in [0.717, 1.165) is 5.56 Å². The third-order valence-corrected chi connectivity index (χ3v) is 3.00. The summed E-state index contributed by atoms with van der Waals surface area (Å²) in [5, 5.41) is 16.4. The zero-order valence-corrected chi connectivity index (χ0v) is 11.6. The van der Waals surface area contributed by atoms with Crippen LogP contribution < -0.4 is 10.6 Å². The number of hydrogen-bond donors (Lipinski definition) is 2. The standard InChI is InChI=1S/C14H14N4O3/c1-9-8-16-6-5-12(9)17-14(19)11-7-10(18(20)21)3-4-13(11)15-2/h3-8,15H,1-2H3,(H,16,17,19). The highest BCUT2D eigenvalue weighted by Gasteiger charge is 2.16. The number of non-ortho nitro benzene ring substituents is 1. The number of rotatable bonds is 4. The molecule has 0 saturated carbocycles. The minimum Gasteiger partial charge on any atom is -0.387 e. The molecule has 0 fully saturated rings. The van der Waals surface area contributed by atoms with Crippen LogP contribution in [0.3, 0.4) is 0 Å². The summed E-state index contributed by atoms with van der Waals surface area (Å²) >= 11 is 0. The Morgan fingerprint density at radius 2 is 2.05 bits per heavy atom. The topological polar surface area (TPSA) is 97.2 Å². The second kappa shape index (κ2) is 6.00. The van der Waals surface area contributed by atoms with E-state index in [0.29, 0.717) is 11.4 Å². The molecule has 1 amide bonds. The molecule has 0 spiro atoms. The first-order chi connectivity index (χ1) is 10.0. The van der Waals surface area contributed by atoms with E-state index in [1.54, 1.807) is 25.5 Å². The van der Waals surface area contributed by atoms with E-state index in [-0.39, 0.29) is 11.3 Å². The lowest BCUT2D eigenvalue weighted by atomic mass is 10.1. The van der Waals surface area contributed by atoms with E-state index in [4.69, 9.17) is 0 Å². The fourth-order valence-electron chi connectivity index (χ4n) is 1.85. The number of nitrogens with zero attached hydrogens (tertiary/aromatic N) is 2. The van der Waals surface area contributed by atoms with E-state index in [2.05, 4.69) is 15.6 Å². The molecule has 108 valence electrons. The zero-order valence-electron chi connectivity index (χ0n) is 11.6. The van der Waals surface area contributed by atoms with Crippen molar-refractivity contribution in [1.29, 1.82) is 0 Å². The molecule has 1 aromatic carbocycles.